The molecule has 0 bridgehead atoms. The number of carbonyl (C=O) groups excluding carboxylic acids is 1. The predicted octanol–water partition coefficient (Wildman–Crippen LogP) is 4.05. The van der Waals surface area contributed by atoms with Crippen LogP contribution in [0.25, 0.3) is 10.9 Å². The van der Waals surface area contributed by atoms with E-state index >= 15 is 0 Å². The predicted molar refractivity (Wildman–Crippen MR) is 116 cm³/mol. The molecule has 1 saturated heterocycles. The third kappa shape index (κ3) is 3.98. The average molecular weight is 404 g/mol. The molecular weight excluding hydrogens is 384 g/mol. The van der Waals surface area contributed by atoms with Gasteiger partial charge in [0.05, 0.1) is 24.4 Å². The molecule has 7 heteroatoms. The first kappa shape index (κ1) is 19.1. The van der Waals surface area contributed by atoms with Crippen molar-refractivity contribution in [3.63, 3.8) is 0 Å². The number of amides is 1. The van der Waals surface area contributed by atoms with E-state index in [9.17, 15) is 10.1 Å². The van der Waals surface area contributed by atoms with Crippen LogP contribution in [0, 0.1) is 11.3 Å². The van der Waals surface area contributed by atoms with Gasteiger partial charge in [-0.1, -0.05) is 18.2 Å². The Hall–Kier alpha value is -3.24. The van der Waals surface area contributed by atoms with Crippen LogP contribution >= 0.6 is 11.8 Å². The largest absolute Gasteiger partial charge is 0.494 e. The number of aromatic nitrogens is 1. The van der Waals surface area contributed by atoms with Crippen molar-refractivity contribution in [3.05, 3.63) is 59.8 Å². The number of hydrogen-bond acceptors (Lipinski definition) is 6. The zero-order chi connectivity index (χ0) is 20.2. The maximum absolute atomic E-state index is 13.1. The molecule has 2 heterocycles. The smallest absolute Gasteiger partial charge is 0.272 e. The summed E-state index contributed by atoms with van der Waals surface area (Å²) in [4.78, 5) is 19.6. The summed E-state index contributed by atoms with van der Waals surface area (Å²) in [5, 5.41) is 13.4. The minimum Gasteiger partial charge on any atom is -0.494 e. The molecule has 0 aliphatic carbocycles. The van der Waals surface area contributed by atoms with E-state index in [2.05, 4.69) is 16.4 Å². The molecule has 1 aliphatic rings. The number of thioether (sulfide) groups is 1. The number of pyridine rings is 1. The van der Waals surface area contributed by atoms with E-state index in [1.807, 2.05) is 47.0 Å². The van der Waals surface area contributed by atoms with Crippen molar-refractivity contribution < 1.29 is 9.53 Å². The second-order valence-corrected chi connectivity index (χ2v) is 7.86. The van der Waals surface area contributed by atoms with Crippen LogP contribution in [0.1, 0.15) is 16.1 Å². The van der Waals surface area contributed by atoms with Gasteiger partial charge in [-0.15, -0.1) is 0 Å². The van der Waals surface area contributed by atoms with E-state index in [0.717, 1.165) is 41.4 Å². The summed E-state index contributed by atoms with van der Waals surface area (Å²) in [6.45, 7) is 1.45. The number of para-hydroxylation sites is 1. The highest BCUT2D eigenvalue weighted by atomic mass is 32.2. The number of nitrogens with zero attached hydrogens (tertiary/aromatic N) is 3. The van der Waals surface area contributed by atoms with Crippen LogP contribution in [0.2, 0.25) is 0 Å². The lowest BCUT2D eigenvalue weighted by Crippen LogP contribution is -2.38. The molecule has 1 N–H and O–H groups in total. The second-order valence-electron chi connectivity index (χ2n) is 6.63. The molecule has 1 aliphatic heterocycles. The lowest BCUT2D eigenvalue weighted by atomic mass is 10.1. The number of benzene rings is 2. The van der Waals surface area contributed by atoms with Crippen LogP contribution in [-0.2, 0) is 0 Å². The van der Waals surface area contributed by atoms with E-state index in [0.29, 0.717) is 22.5 Å². The quantitative estimate of drug-likeness (QED) is 0.707. The zero-order valence-electron chi connectivity index (χ0n) is 16.0. The van der Waals surface area contributed by atoms with Crippen LogP contribution in [0.4, 0.5) is 11.4 Å². The first-order valence-corrected chi connectivity index (χ1v) is 10.5. The fourth-order valence-electron chi connectivity index (χ4n) is 3.35. The highest BCUT2D eigenvalue weighted by molar-refractivity contribution is 7.99. The van der Waals surface area contributed by atoms with E-state index in [1.54, 1.807) is 25.3 Å². The number of rotatable bonds is 4. The molecule has 0 unspecified atom stereocenters. The summed E-state index contributed by atoms with van der Waals surface area (Å²) in [5.41, 5.74) is 3.10. The maximum atomic E-state index is 13.1. The van der Waals surface area contributed by atoms with Crippen molar-refractivity contribution in [1.82, 2.24) is 9.88 Å². The summed E-state index contributed by atoms with van der Waals surface area (Å²) in [7, 11) is 1.59. The third-order valence-corrected chi connectivity index (χ3v) is 5.75. The van der Waals surface area contributed by atoms with E-state index < -0.39 is 0 Å². The number of hydrogen-bond donors (Lipinski definition) is 1. The summed E-state index contributed by atoms with van der Waals surface area (Å²) < 4.78 is 5.49. The van der Waals surface area contributed by atoms with Gasteiger partial charge < -0.3 is 15.0 Å². The van der Waals surface area contributed by atoms with Gasteiger partial charge in [0, 0.05) is 35.7 Å². The Balaban J connectivity index is 1.81. The van der Waals surface area contributed by atoms with E-state index in [-0.39, 0.29) is 5.91 Å². The van der Waals surface area contributed by atoms with Gasteiger partial charge in [0.25, 0.3) is 5.91 Å². The van der Waals surface area contributed by atoms with Crippen LogP contribution in [0.5, 0.6) is 5.75 Å². The van der Waals surface area contributed by atoms with Crippen molar-refractivity contribution in [3.8, 4) is 11.8 Å². The summed E-state index contributed by atoms with van der Waals surface area (Å²) in [6, 6.07) is 16.8. The average Bonchev–Trinajstić information content (AvgIpc) is 2.78. The SMILES string of the molecule is COc1cccc2c(Nc3cccc(C#N)c3)cc(C(=O)N3CCSCC3)nc12. The van der Waals surface area contributed by atoms with Gasteiger partial charge in [0.15, 0.2) is 0 Å². The van der Waals surface area contributed by atoms with Gasteiger partial charge in [-0.05, 0) is 30.3 Å². The Labute approximate surface area is 173 Å². The van der Waals surface area contributed by atoms with Gasteiger partial charge in [-0.2, -0.15) is 17.0 Å². The minimum atomic E-state index is -0.0769. The minimum absolute atomic E-state index is 0.0769. The van der Waals surface area contributed by atoms with Crippen molar-refractivity contribution in [2.24, 2.45) is 0 Å². The maximum Gasteiger partial charge on any atom is 0.272 e. The number of nitrogens with one attached hydrogen (secondary N) is 1. The van der Waals surface area contributed by atoms with Crippen molar-refractivity contribution in [1.29, 1.82) is 5.26 Å². The molecular formula is C22H20N4O2S. The number of ether oxygens (including phenoxy) is 1. The number of nitriles is 1. The molecule has 1 aromatic heterocycles. The summed E-state index contributed by atoms with van der Waals surface area (Å²) in [5.74, 6) is 2.41. The third-order valence-electron chi connectivity index (χ3n) is 4.81. The van der Waals surface area contributed by atoms with Crippen molar-refractivity contribution in [2.45, 2.75) is 0 Å². The van der Waals surface area contributed by atoms with E-state index in [1.165, 1.54) is 0 Å². The Morgan fingerprint density at radius 1 is 1.21 bits per heavy atom. The second kappa shape index (κ2) is 8.41. The molecule has 1 fully saturated rings. The summed E-state index contributed by atoms with van der Waals surface area (Å²) >= 11 is 1.86. The number of carbonyl (C=O) groups is 1. The van der Waals surface area contributed by atoms with Crippen LogP contribution in [0.15, 0.2) is 48.5 Å². The van der Waals surface area contributed by atoms with Gasteiger partial charge >= 0.3 is 0 Å². The Kier molecular flexibility index (Phi) is 5.54. The number of anilines is 2. The molecule has 4 rings (SSSR count). The molecule has 3 aromatic rings. The molecule has 1 amide bonds. The van der Waals surface area contributed by atoms with Crippen LogP contribution < -0.4 is 10.1 Å². The Morgan fingerprint density at radius 2 is 2.00 bits per heavy atom. The van der Waals surface area contributed by atoms with E-state index in [4.69, 9.17) is 4.74 Å². The van der Waals surface area contributed by atoms with Gasteiger partial charge in [-0.3, -0.25) is 4.79 Å². The molecule has 2 aromatic carbocycles. The number of methoxy groups -OCH3 is 1. The standard InChI is InChI=1S/C22H20N4O2S/c1-28-20-7-3-6-17-18(24-16-5-2-4-15(12-16)14-23)13-19(25-21(17)20)22(27)26-8-10-29-11-9-26/h2-7,12-13H,8-11H2,1H3,(H,24,25). The molecule has 29 heavy (non-hydrogen) atoms. The normalized spacial score (nSPS) is 13.7. The molecule has 0 radical (unpaired) electrons. The van der Waals surface area contributed by atoms with Crippen molar-refractivity contribution >= 4 is 39.9 Å². The van der Waals surface area contributed by atoms with Crippen LogP contribution in [0.3, 0.4) is 0 Å². The summed E-state index contributed by atoms with van der Waals surface area (Å²) in [6.07, 6.45) is 0. The highest BCUT2D eigenvalue weighted by Gasteiger charge is 2.22. The van der Waals surface area contributed by atoms with Crippen molar-refractivity contribution in [2.75, 3.05) is 37.0 Å². The molecule has 146 valence electrons. The van der Waals surface area contributed by atoms with Gasteiger partial charge in [0.1, 0.15) is 17.0 Å². The molecule has 6 nitrogen and oxygen atoms in total. The lowest BCUT2D eigenvalue weighted by Gasteiger charge is -2.26. The first-order chi connectivity index (χ1) is 14.2. The lowest BCUT2D eigenvalue weighted by molar-refractivity contribution is 0.0767. The highest BCUT2D eigenvalue weighted by Crippen LogP contribution is 2.32. The number of fused-ring (bicyclic) bond motifs is 1. The van der Waals surface area contributed by atoms with Gasteiger partial charge in [-0.25, -0.2) is 4.98 Å². The molecule has 0 atom stereocenters. The fourth-order valence-corrected chi connectivity index (χ4v) is 4.25. The molecule has 0 saturated carbocycles. The first-order valence-electron chi connectivity index (χ1n) is 9.31. The van der Waals surface area contributed by atoms with Gasteiger partial charge in [0.2, 0.25) is 0 Å². The van der Waals surface area contributed by atoms with Crippen LogP contribution in [-0.4, -0.2) is 47.5 Å². The monoisotopic (exact) mass is 404 g/mol. The molecule has 0 spiro atoms. The zero-order valence-corrected chi connectivity index (χ0v) is 16.8. The topological polar surface area (TPSA) is 78.2 Å². The Bertz CT molecular complexity index is 1100. The fraction of sp³-hybridized carbons (Fsp3) is 0.227. The Morgan fingerprint density at radius 3 is 2.76 bits per heavy atom.